The lowest BCUT2D eigenvalue weighted by Gasteiger charge is -2.21. The van der Waals surface area contributed by atoms with E-state index < -0.39 is 0 Å². The molecule has 0 fully saturated rings. The molecule has 0 amide bonds. The Kier molecular flexibility index (Phi) is 4.43. The molecule has 120 valence electrons. The molecule has 0 aliphatic rings. The molecule has 0 atom stereocenters. The molecule has 1 aromatic carbocycles. The van der Waals surface area contributed by atoms with E-state index in [4.69, 9.17) is 4.42 Å². The van der Waals surface area contributed by atoms with Crippen LogP contribution in [-0.4, -0.2) is 33.2 Å². The molecule has 6 nitrogen and oxygen atoms in total. The number of nitrogens with zero attached hydrogens (tertiary/aromatic N) is 4. The van der Waals surface area contributed by atoms with E-state index in [1.54, 1.807) is 17.0 Å². The summed E-state index contributed by atoms with van der Waals surface area (Å²) in [5, 5.41) is 17.7. The van der Waals surface area contributed by atoms with Crippen molar-refractivity contribution in [2.75, 3.05) is 18.0 Å². The van der Waals surface area contributed by atoms with Crippen LogP contribution in [0, 0.1) is 0 Å². The van der Waals surface area contributed by atoms with Crippen LogP contribution >= 0.6 is 0 Å². The van der Waals surface area contributed by atoms with Gasteiger partial charge in [0.1, 0.15) is 11.4 Å². The Morgan fingerprint density at radius 3 is 2.43 bits per heavy atom. The van der Waals surface area contributed by atoms with Crippen LogP contribution in [-0.2, 0) is 6.61 Å². The largest absolute Gasteiger partial charge is 0.463 e. The Balaban J connectivity index is 2.01. The Hall–Kier alpha value is -2.60. The molecule has 0 aliphatic heterocycles. The second kappa shape index (κ2) is 6.66. The number of benzene rings is 1. The van der Waals surface area contributed by atoms with Gasteiger partial charge < -0.3 is 14.4 Å². The second-order valence-electron chi connectivity index (χ2n) is 5.12. The molecule has 0 bridgehead atoms. The smallest absolute Gasteiger partial charge is 0.154 e. The molecule has 3 rings (SSSR count). The third kappa shape index (κ3) is 2.85. The minimum absolute atomic E-state index is 0.187. The van der Waals surface area contributed by atoms with Gasteiger partial charge in [-0.05, 0) is 50.2 Å². The van der Waals surface area contributed by atoms with Gasteiger partial charge in [0.25, 0.3) is 0 Å². The predicted octanol–water partition coefficient (Wildman–Crippen LogP) is 2.87. The lowest BCUT2D eigenvalue weighted by atomic mass is 10.2. The van der Waals surface area contributed by atoms with Crippen LogP contribution in [0.25, 0.3) is 17.1 Å². The fourth-order valence-corrected chi connectivity index (χ4v) is 2.65. The molecule has 6 heteroatoms. The summed E-state index contributed by atoms with van der Waals surface area (Å²) in [5.74, 6) is 0.631. The Bertz CT molecular complexity index is 744. The van der Waals surface area contributed by atoms with Crippen LogP contribution in [0.15, 0.2) is 47.1 Å². The molecule has 0 radical (unpaired) electrons. The summed E-state index contributed by atoms with van der Waals surface area (Å²) in [7, 11) is 0. The average Bonchev–Trinajstić information content (AvgIpc) is 3.25. The van der Waals surface area contributed by atoms with E-state index in [1.807, 2.05) is 18.2 Å². The lowest BCUT2D eigenvalue weighted by molar-refractivity contribution is 0.277. The molecule has 2 heterocycles. The highest BCUT2D eigenvalue weighted by molar-refractivity contribution is 5.60. The maximum atomic E-state index is 9.49. The highest BCUT2D eigenvalue weighted by atomic mass is 16.3. The Labute approximate surface area is 135 Å². The van der Waals surface area contributed by atoms with Gasteiger partial charge in [0.05, 0.1) is 18.6 Å². The molecule has 23 heavy (non-hydrogen) atoms. The third-order valence-corrected chi connectivity index (χ3v) is 3.87. The average molecular weight is 312 g/mol. The molecular formula is C17H20N4O2. The van der Waals surface area contributed by atoms with E-state index >= 15 is 0 Å². The van der Waals surface area contributed by atoms with Crippen LogP contribution < -0.4 is 4.90 Å². The number of aliphatic hydroxyl groups excluding tert-OH is 1. The van der Waals surface area contributed by atoms with E-state index in [-0.39, 0.29) is 6.61 Å². The monoisotopic (exact) mass is 312 g/mol. The van der Waals surface area contributed by atoms with Gasteiger partial charge in [0.2, 0.25) is 0 Å². The number of rotatable bonds is 6. The maximum absolute atomic E-state index is 9.49. The second-order valence-corrected chi connectivity index (χ2v) is 5.12. The van der Waals surface area contributed by atoms with Crippen molar-refractivity contribution in [3.63, 3.8) is 0 Å². The Morgan fingerprint density at radius 2 is 1.87 bits per heavy atom. The summed E-state index contributed by atoms with van der Waals surface area (Å²) in [6.45, 7) is 6.01. The van der Waals surface area contributed by atoms with E-state index in [9.17, 15) is 5.11 Å². The van der Waals surface area contributed by atoms with Crippen molar-refractivity contribution >= 4 is 5.69 Å². The molecule has 2 aromatic heterocycles. The molecule has 0 aliphatic carbocycles. The van der Waals surface area contributed by atoms with Crippen molar-refractivity contribution in [3.8, 4) is 17.1 Å². The number of hydrogen-bond donors (Lipinski definition) is 1. The number of aliphatic hydroxyl groups is 1. The standard InChI is InChI=1S/C17H20N4O2/c1-3-20(4-2)13-7-9-14(10-8-13)21-17(15(12-22)18-19-21)16-6-5-11-23-16/h5-11,22H,3-4,12H2,1-2H3. The van der Waals surface area contributed by atoms with Crippen molar-refractivity contribution in [3.05, 3.63) is 48.4 Å². The van der Waals surface area contributed by atoms with Crippen LogP contribution in [0.4, 0.5) is 5.69 Å². The number of anilines is 1. The first-order valence-corrected chi connectivity index (χ1v) is 7.73. The van der Waals surface area contributed by atoms with E-state index in [2.05, 4.69) is 41.2 Å². The SMILES string of the molecule is CCN(CC)c1ccc(-n2nnc(CO)c2-c2ccco2)cc1. The van der Waals surface area contributed by atoms with Crippen molar-refractivity contribution in [2.45, 2.75) is 20.5 Å². The number of furan rings is 1. The summed E-state index contributed by atoms with van der Waals surface area (Å²) >= 11 is 0. The van der Waals surface area contributed by atoms with Gasteiger partial charge in [-0.25, -0.2) is 4.68 Å². The van der Waals surface area contributed by atoms with Gasteiger partial charge in [-0.1, -0.05) is 5.21 Å². The number of aromatic nitrogens is 3. The summed E-state index contributed by atoms with van der Waals surface area (Å²) in [4.78, 5) is 2.28. The first kappa shape index (κ1) is 15.3. The lowest BCUT2D eigenvalue weighted by Crippen LogP contribution is -2.21. The van der Waals surface area contributed by atoms with Crippen molar-refractivity contribution < 1.29 is 9.52 Å². The van der Waals surface area contributed by atoms with Gasteiger partial charge in [0, 0.05) is 18.8 Å². The Morgan fingerprint density at radius 1 is 1.13 bits per heavy atom. The zero-order valence-corrected chi connectivity index (χ0v) is 13.3. The summed E-state index contributed by atoms with van der Waals surface area (Å²) < 4.78 is 7.15. The van der Waals surface area contributed by atoms with Gasteiger partial charge in [-0.2, -0.15) is 0 Å². The van der Waals surface area contributed by atoms with E-state index in [0.29, 0.717) is 17.1 Å². The van der Waals surface area contributed by atoms with Crippen molar-refractivity contribution in [2.24, 2.45) is 0 Å². The molecule has 0 unspecified atom stereocenters. The van der Waals surface area contributed by atoms with Crippen LogP contribution in [0.1, 0.15) is 19.5 Å². The molecule has 0 saturated carbocycles. The molecule has 1 N–H and O–H groups in total. The van der Waals surface area contributed by atoms with Crippen molar-refractivity contribution in [1.29, 1.82) is 0 Å². The highest BCUT2D eigenvalue weighted by Gasteiger charge is 2.18. The van der Waals surface area contributed by atoms with Gasteiger partial charge in [-0.15, -0.1) is 5.10 Å². The van der Waals surface area contributed by atoms with Crippen LogP contribution in [0.2, 0.25) is 0 Å². The number of hydrogen-bond acceptors (Lipinski definition) is 5. The van der Waals surface area contributed by atoms with Gasteiger partial charge in [-0.3, -0.25) is 0 Å². The highest BCUT2D eigenvalue weighted by Crippen LogP contribution is 2.26. The topological polar surface area (TPSA) is 67.3 Å². The molecular weight excluding hydrogens is 292 g/mol. The molecule has 0 spiro atoms. The fourth-order valence-electron chi connectivity index (χ4n) is 2.65. The zero-order chi connectivity index (χ0) is 16.2. The predicted molar refractivity (Wildman–Crippen MR) is 88.5 cm³/mol. The minimum atomic E-state index is -0.187. The maximum Gasteiger partial charge on any atom is 0.154 e. The third-order valence-electron chi connectivity index (χ3n) is 3.87. The van der Waals surface area contributed by atoms with E-state index in [0.717, 1.165) is 18.8 Å². The first-order chi connectivity index (χ1) is 11.3. The van der Waals surface area contributed by atoms with Crippen molar-refractivity contribution in [1.82, 2.24) is 15.0 Å². The first-order valence-electron chi connectivity index (χ1n) is 7.73. The molecule has 3 aromatic rings. The fraction of sp³-hybridized carbons (Fsp3) is 0.294. The van der Waals surface area contributed by atoms with E-state index in [1.165, 1.54) is 5.69 Å². The van der Waals surface area contributed by atoms with Gasteiger partial charge in [0.15, 0.2) is 5.76 Å². The minimum Gasteiger partial charge on any atom is -0.463 e. The quantitative estimate of drug-likeness (QED) is 0.758. The van der Waals surface area contributed by atoms with Crippen LogP contribution in [0.5, 0.6) is 0 Å². The zero-order valence-electron chi connectivity index (χ0n) is 13.3. The van der Waals surface area contributed by atoms with Crippen LogP contribution in [0.3, 0.4) is 0 Å². The molecule has 0 saturated heterocycles. The summed E-state index contributed by atoms with van der Waals surface area (Å²) in [6, 6.07) is 11.8. The summed E-state index contributed by atoms with van der Waals surface area (Å²) in [5.41, 5.74) is 3.21. The summed E-state index contributed by atoms with van der Waals surface area (Å²) in [6.07, 6.45) is 1.59. The van der Waals surface area contributed by atoms with Gasteiger partial charge >= 0.3 is 0 Å². The normalized spacial score (nSPS) is 10.9.